The van der Waals surface area contributed by atoms with Crippen LogP contribution in [0.2, 0.25) is 0 Å². The van der Waals surface area contributed by atoms with Gasteiger partial charge in [-0.3, -0.25) is 4.79 Å². The van der Waals surface area contributed by atoms with Gasteiger partial charge in [0.2, 0.25) is 0 Å². The number of thiophene rings is 1. The molecule has 0 aliphatic heterocycles. The molecule has 0 aliphatic rings. The quantitative estimate of drug-likeness (QED) is 0.871. The van der Waals surface area contributed by atoms with E-state index in [1.807, 2.05) is 13.8 Å². The smallest absolute Gasteiger partial charge is 0.259 e. The largest absolute Gasteiger partial charge is 0.312 e. The second-order valence-corrected chi connectivity index (χ2v) is 6.32. The molecule has 1 N–H and O–H groups in total. The zero-order valence-corrected chi connectivity index (χ0v) is 13.2. The summed E-state index contributed by atoms with van der Waals surface area (Å²) in [5.41, 5.74) is 1.21. The standard InChI is InChI=1S/C14H10BrFN2OS/c1-7-8(2)20-14(11(7)6-17)18-13(19)10-4-3-9(15)5-12(10)16/h3-5H,1-2H3,(H,18,19). The number of hydrogen-bond donors (Lipinski definition) is 1. The summed E-state index contributed by atoms with van der Waals surface area (Å²) < 4.78 is 14.3. The predicted octanol–water partition coefficient (Wildman–Crippen LogP) is 4.39. The van der Waals surface area contributed by atoms with Crippen LogP contribution in [0, 0.1) is 31.0 Å². The first-order valence-electron chi connectivity index (χ1n) is 5.70. The molecule has 0 saturated carbocycles. The summed E-state index contributed by atoms with van der Waals surface area (Å²) in [7, 11) is 0. The van der Waals surface area contributed by atoms with Crippen LogP contribution in [0.3, 0.4) is 0 Å². The van der Waals surface area contributed by atoms with E-state index in [2.05, 4.69) is 27.3 Å². The van der Waals surface area contributed by atoms with E-state index < -0.39 is 11.7 Å². The second kappa shape index (κ2) is 5.73. The van der Waals surface area contributed by atoms with Crippen LogP contribution in [0.15, 0.2) is 22.7 Å². The fourth-order valence-electron chi connectivity index (χ4n) is 1.69. The molecule has 0 radical (unpaired) electrons. The number of nitrogens with zero attached hydrogens (tertiary/aromatic N) is 1. The summed E-state index contributed by atoms with van der Waals surface area (Å²) in [5, 5.41) is 12.2. The van der Waals surface area contributed by atoms with Crippen LogP contribution in [0.5, 0.6) is 0 Å². The summed E-state index contributed by atoms with van der Waals surface area (Å²) in [5.74, 6) is -1.17. The number of anilines is 1. The maximum Gasteiger partial charge on any atom is 0.259 e. The molecule has 1 aromatic carbocycles. The Morgan fingerprint density at radius 3 is 2.75 bits per heavy atom. The number of benzene rings is 1. The van der Waals surface area contributed by atoms with Crippen LogP contribution in [0.25, 0.3) is 0 Å². The molecular formula is C14H10BrFN2OS. The van der Waals surface area contributed by atoms with Gasteiger partial charge in [-0.2, -0.15) is 5.26 Å². The van der Waals surface area contributed by atoms with E-state index in [-0.39, 0.29) is 5.56 Å². The number of halogens is 2. The lowest BCUT2D eigenvalue weighted by atomic mass is 10.1. The second-order valence-electron chi connectivity index (χ2n) is 4.18. The van der Waals surface area contributed by atoms with Crippen molar-refractivity contribution in [2.75, 3.05) is 5.32 Å². The Labute approximate surface area is 128 Å². The first kappa shape index (κ1) is 14.7. The number of hydrogen-bond acceptors (Lipinski definition) is 3. The van der Waals surface area contributed by atoms with Gasteiger partial charge in [0.25, 0.3) is 5.91 Å². The van der Waals surface area contributed by atoms with Gasteiger partial charge < -0.3 is 5.32 Å². The van der Waals surface area contributed by atoms with Crippen molar-refractivity contribution in [1.82, 2.24) is 0 Å². The van der Waals surface area contributed by atoms with Crippen LogP contribution in [0.1, 0.15) is 26.4 Å². The molecule has 20 heavy (non-hydrogen) atoms. The Bertz CT molecular complexity index is 734. The zero-order chi connectivity index (χ0) is 14.9. The third-order valence-corrected chi connectivity index (χ3v) is 4.52. The van der Waals surface area contributed by atoms with Crippen molar-refractivity contribution >= 4 is 38.2 Å². The van der Waals surface area contributed by atoms with Crippen LogP contribution in [0.4, 0.5) is 9.39 Å². The molecule has 1 aromatic heterocycles. The highest BCUT2D eigenvalue weighted by molar-refractivity contribution is 9.10. The molecule has 0 saturated heterocycles. The SMILES string of the molecule is Cc1sc(NC(=O)c2ccc(Br)cc2F)c(C#N)c1C. The van der Waals surface area contributed by atoms with Gasteiger partial charge in [0.05, 0.1) is 11.1 Å². The highest BCUT2D eigenvalue weighted by Crippen LogP contribution is 2.32. The van der Waals surface area contributed by atoms with Crippen molar-refractivity contribution in [1.29, 1.82) is 5.26 Å². The van der Waals surface area contributed by atoms with Crippen molar-refractivity contribution in [3.63, 3.8) is 0 Å². The molecule has 2 aromatic rings. The van der Waals surface area contributed by atoms with E-state index in [0.717, 1.165) is 10.4 Å². The van der Waals surface area contributed by atoms with Crippen molar-refractivity contribution < 1.29 is 9.18 Å². The molecule has 0 unspecified atom stereocenters. The Morgan fingerprint density at radius 1 is 1.45 bits per heavy atom. The molecule has 0 aliphatic carbocycles. The minimum Gasteiger partial charge on any atom is -0.312 e. The topological polar surface area (TPSA) is 52.9 Å². The average Bonchev–Trinajstić information content (AvgIpc) is 2.64. The Balaban J connectivity index is 2.33. The van der Waals surface area contributed by atoms with Gasteiger partial charge in [-0.1, -0.05) is 15.9 Å². The number of carbonyl (C=O) groups excluding carboxylic acids is 1. The lowest BCUT2D eigenvalue weighted by Gasteiger charge is -2.05. The average molecular weight is 353 g/mol. The highest BCUT2D eigenvalue weighted by Gasteiger charge is 2.17. The van der Waals surface area contributed by atoms with Crippen molar-refractivity contribution in [3.05, 3.63) is 50.1 Å². The number of nitrogens with one attached hydrogen (secondary N) is 1. The van der Waals surface area contributed by atoms with E-state index >= 15 is 0 Å². The molecule has 0 spiro atoms. The summed E-state index contributed by atoms with van der Waals surface area (Å²) in [6.45, 7) is 3.69. The zero-order valence-electron chi connectivity index (χ0n) is 10.8. The molecule has 102 valence electrons. The Hall–Kier alpha value is -1.71. The third kappa shape index (κ3) is 2.74. The van der Waals surface area contributed by atoms with E-state index in [1.54, 1.807) is 6.07 Å². The molecule has 0 atom stereocenters. The highest BCUT2D eigenvalue weighted by atomic mass is 79.9. The van der Waals surface area contributed by atoms with E-state index in [0.29, 0.717) is 15.0 Å². The first-order valence-corrected chi connectivity index (χ1v) is 7.31. The fraction of sp³-hybridized carbons (Fsp3) is 0.143. The maximum atomic E-state index is 13.7. The summed E-state index contributed by atoms with van der Waals surface area (Å²) in [6.07, 6.45) is 0. The van der Waals surface area contributed by atoms with Crippen LogP contribution in [-0.4, -0.2) is 5.91 Å². The normalized spacial score (nSPS) is 10.2. The van der Waals surface area contributed by atoms with Gasteiger partial charge in [0, 0.05) is 9.35 Å². The predicted molar refractivity (Wildman–Crippen MR) is 80.6 cm³/mol. The fourth-order valence-corrected chi connectivity index (χ4v) is 3.03. The first-order chi connectivity index (χ1) is 9.43. The van der Waals surface area contributed by atoms with E-state index in [9.17, 15) is 9.18 Å². The molecule has 3 nitrogen and oxygen atoms in total. The Kier molecular flexibility index (Phi) is 4.21. The van der Waals surface area contributed by atoms with Gasteiger partial charge in [-0.25, -0.2) is 4.39 Å². The summed E-state index contributed by atoms with van der Waals surface area (Å²) in [4.78, 5) is 13.0. The molecular weight excluding hydrogens is 343 g/mol. The Morgan fingerprint density at radius 2 is 2.15 bits per heavy atom. The van der Waals surface area contributed by atoms with Crippen LogP contribution in [-0.2, 0) is 0 Å². The third-order valence-electron chi connectivity index (χ3n) is 2.90. The number of amides is 1. The van der Waals surface area contributed by atoms with Crippen LogP contribution < -0.4 is 5.32 Å². The minimum atomic E-state index is -0.611. The summed E-state index contributed by atoms with van der Waals surface area (Å²) in [6, 6.07) is 6.28. The lowest BCUT2D eigenvalue weighted by Crippen LogP contribution is -2.13. The molecule has 1 amide bonds. The van der Waals surface area contributed by atoms with Crippen molar-refractivity contribution in [3.8, 4) is 6.07 Å². The van der Waals surface area contributed by atoms with Crippen molar-refractivity contribution in [2.24, 2.45) is 0 Å². The maximum absolute atomic E-state index is 13.7. The number of aryl methyl sites for hydroxylation is 1. The van der Waals surface area contributed by atoms with Crippen LogP contribution >= 0.6 is 27.3 Å². The lowest BCUT2D eigenvalue weighted by molar-refractivity contribution is 0.102. The molecule has 2 rings (SSSR count). The number of carbonyl (C=O) groups is 1. The number of rotatable bonds is 2. The van der Waals surface area contributed by atoms with E-state index in [4.69, 9.17) is 5.26 Å². The van der Waals surface area contributed by atoms with E-state index in [1.165, 1.54) is 23.5 Å². The molecule has 1 heterocycles. The summed E-state index contributed by atoms with van der Waals surface area (Å²) >= 11 is 4.45. The van der Waals surface area contributed by atoms with Crippen molar-refractivity contribution in [2.45, 2.75) is 13.8 Å². The monoisotopic (exact) mass is 352 g/mol. The van der Waals surface area contributed by atoms with Gasteiger partial charge in [-0.05, 0) is 37.6 Å². The molecule has 0 bridgehead atoms. The minimum absolute atomic E-state index is 0.0548. The molecule has 0 fully saturated rings. The van der Waals surface area contributed by atoms with Gasteiger partial charge in [0.15, 0.2) is 0 Å². The molecule has 6 heteroatoms. The van der Waals surface area contributed by atoms with Gasteiger partial charge in [0.1, 0.15) is 16.9 Å². The van der Waals surface area contributed by atoms with Gasteiger partial charge in [-0.15, -0.1) is 11.3 Å². The van der Waals surface area contributed by atoms with Gasteiger partial charge >= 0.3 is 0 Å². The number of nitriles is 1.